The van der Waals surface area contributed by atoms with E-state index in [1.165, 1.54) is 19.3 Å². The summed E-state index contributed by atoms with van der Waals surface area (Å²) < 4.78 is 49.1. The lowest BCUT2D eigenvalue weighted by Crippen LogP contribution is -2.36. The van der Waals surface area contributed by atoms with Crippen LogP contribution < -0.4 is 0 Å². The van der Waals surface area contributed by atoms with Gasteiger partial charge in [0.15, 0.2) is 24.3 Å². The van der Waals surface area contributed by atoms with Gasteiger partial charge >= 0.3 is 0 Å². The molecule has 0 aromatic rings. The van der Waals surface area contributed by atoms with E-state index < -0.39 is 24.3 Å². The van der Waals surface area contributed by atoms with E-state index in [1.807, 2.05) is 13.8 Å². The molecule has 0 aliphatic heterocycles. The van der Waals surface area contributed by atoms with Crippen molar-refractivity contribution in [2.45, 2.75) is 81.5 Å². The van der Waals surface area contributed by atoms with E-state index in [0.717, 1.165) is 25.7 Å². The average molecular weight is 385 g/mol. The predicted molar refractivity (Wildman–Crippen MR) is 101 cm³/mol. The largest absolute Gasteiger partial charge is 0.227 e. The number of rotatable bonds is 11. The van der Waals surface area contributed by atoms with Gasteiger partial charge in [-0.1, -0.05) is 46.0 Å². The molecule has 0 saturated heterocycles. The average Bonchev–Trinajstić information content (AvgIpc) is 2.52. The summed E-state index contributed by atoms with van der Waals surface area (Å²) in [5.41, 5.74) is 0. The van der Waals surface area contributed by atoms with Crippen LogP contribution in [0.2, 0.25) is 0 Å². The first kappa shape index (κ1) is 21.3. The smallest absolute Gasteiger partial charge is 0.171 e. The molecule has 138 valence electrons. The van der Waals surface area contributed by atoms with Gasteiger partial charge in [0.25, 0.3) is 0 Å². The third kappa shape index (κ3) is 7.34. The van der Waals surface area contributed by atoms with Crippen molar-refractivity contribution < 1.29 is 16.8 Å². The Bertz CT molecular complexity index is 482. The second-order valence-corrected chi connectivity index (χ2v) is 12.7. The Morgan fingerprint density at radius 2 is 1.35 bits per heavy atom. The fraction of sp³-hybridized carbons (Fsp3) is 1.00. The fourth-order valence-corrected chi connectivity index (χ4v) is 10.3. The number of thioether (sulfide) groups is 1. The normalized spacial score (nSPS) is 17.7. The molecule has 0 spiro atoms. The van der Waals surface area contributed by atoms with Crippen molar-refractivity contribution in [1.29, 1.82) is 0 Å². The maximum absolute atomic E-state index is 12.6. The Morgan fingerprint density at radius 3 is 1.78 bits per heavy atom. The SMILES string of the molecule is CCCCS(=O)(=O)C(CSC1CCCCC1)S(=O)(=O)CCCC. The van der Waals surface area contributed by atoms with Crippen molar-refractivity contribution >= 4 is 31.4 Å². The van der Waals surface area contributed by atoms with Crippen LogP contribution in [0.3, 0.4) is 0 Å². The van der Waals surface area contributed by atoms with Gasteiger partial charge in [-0.05, 0) is 25.7 Å². The molecule has 4 nitrogen and oxygen atoms in total. The monoisotopic (exact) mass is 384 g/mol. The Balaban J connectivity index is 2.82. The first-order valence-electron chi connectivity index (χ1n) is 8.88. The summed E-state index contributed by atoms with van der Waals surface area (Å²) in [6, 6.07) is 0. The molecule has 0 aromatic carbocycles. The quantitative estimate of drug-likeness (QED) is 0.542. The van der Waals surface area contributed by atoms with Crippen LogP contribution in [0.4, 0.5) is 0 Å². The highest BCUT2D eigenvalue weighted by molar-refractivity contribution is 8.11. The van der Waals surface area contributed by atoms with Gasteiger partial charge in [0.05, 0.1) is 11.5 Å². The lowest BCUT2D eigenvalue weighted by Gasteiger charge is -2.24. The zero-order valence-electron chi connectivity index (χ0n) is 14.5. The highest BCUT2D eigenvalue weighted by Gasteiger charge is 2.37. The number of sulfone groups is 2. The minimum Gasteiger partial charge on any atom is -0.227 e. The van der Waals surface area contributed by atoms with Crippen molar-refractivity contribution in [2.24, 2.45) is 0 Å². The summed E-state index contributed by atoms with van der Waals surface area (Å²) in [4.78, 5) is 0. The zero-order valence-corrected chi connectivity index (χ0v) is 16.9. The Kier molecular flexibility index (Phi) is 9.52. The molecule has 0 unspecified atom stereocenters. The van der Waals surface area contributed by atoms with Crippen molar-refractivity contribution in [2.75, 3.05) is 17.3 Å². The van der Waals surface area contributed by atoms with E-state index in [9.17, 15) is 16.8 Å². The third-order valence-corrected chi connectivity index (χ3v) is 11.7. The second kappa shape index (κ2) is 10.3. The summed E-state index contributed by atoms with van der Waals surface area (Å²) >= 11 is 1.57. The van der Waals surface area contributed by atoms with Crippen LogP contribution in [0, 0.1) is 0 Å². The summed E-state index contributed by atoms with van der Waals surface area (Å²) in [5.74, 6) is 0.193. The van der Waals surface area contributed by atoms with Gasteiger partial charge < -0.3 is 0 Å². The molecule has 1 saturated carbocycles. The van der Waals surface area contributed by atoms with E-state index in [0.29, 0.717) is 18.1 Å². The van der Waals surface area contributed by atoms with Gasteiger partial charge in [-0.15, -0.1) is 0 Å². The van der Waals surface area contributed by atoms with Gasteiger partial charge in [0.1, 0.15) is 0 Å². The van der Waals surface area contributed by atoms with Gasteiger partial charge in [-0.2, -0.15) is 11.8 Å². The Labute approximate surface area is 147 Å². The molecule has 0 atom stereocenters. The molecule has 7 heteroatoms. The van der Waals surface area contributed by atoms with Crippen molar-refractivity contribution in [3.05, 3.63) is 0 Å². The van der Waals surface area contributed by atoms with Crippen molar-refractivity contribution in [3.8, 4) is 0 Å². The fourth-order valence-electron chi connectivity index (χ4n) is 2.83. The third-order valence-electron chi connectivity index (χ3n) is 4.39. The van der Waals surface area contributed by atoms with E-state index >= 15 is 0 Å². The van der Waals surface area contributed by atoms with Crippen LogP contribution in [-0.4, -0.2) is 43.9 Å². The molecule has 0 heterocycles. The van der Waals surface area contributed by atoms with Crippen molar-refractivity contribution in [1.82, 2.24) is 0 Å². The summed E-state index contributed by atoms with van der Waals surface area (Å²) in [7, 11) is -7.16. The maximum Gasteiger partial charge on any atom is 0.171 e. The molecule has 0 aromatic heterocycles. The number of hydrogen-bond donors (Lipinski definition) is 0. The van der Waals surface area contributed by atoms with E-state index in [1.54, 1.807) is 11.8 Å². The first-order chi connectivity index (χ1) is 10.8. The standard InChI is InChI=1S/C16H32O4S3/c1-3-5-12-22(17,18)16(23(19,20)13-6-4-2)14-21-15-10-8-7-9-11-15/h15-16H,3-14H2,1-2H3. The van der Waals surface area contributed by atoms with Gasteiger partial charge in [-0.25, -0.2) is 16.8 Å². The minimum absolute atomic E-state index is 0.00918. The molecule has 23 heavy (non-hydrogen) atoms. The Hall–Kier alpha value is 0.250. The van der Waals surface area contributed by atoms with Crippen LogP contribution in [0.1, 0.15) is 71.6 Å². The molecular weight excluding hydrogens is 352 g/mol. The molecule has 1 aliphatic rings. The molecule has 1 aliphatic carbocycles. The van der Waals surface area contributed by atoms with E-state index in [-0.39, 0.29) is 17.3 Å². The number of unbranched alkanes of at least 4 members (excludes halogenated alkanes) is 2. The van der Waals surface area contributed by atoms with Crippen LogP contribution >= 0.6 is 11.8 Å². The predicted octanol–water partition coefficient (Wildman–Crippen LogP) is 3.81. The molecule has 0 N–H and O–H groups in total. The van der Waals surface area contributed by atoms with Gasteiger partial charge in [0.2, 0.25) is 0 Å². The summed E-state index contributed by atoms with van der Waals surface area (Å²) in [6.07, 6.45) is 8.35. The Morgan fingerprint density at radius 1 is 0.870 bits per heavy atom. The minimum atomic E-state index is -3.58. The van der Waals surface area contributed by atoms with Crippen LogP contribution in [-0.2, 0) is 19.7 Å². The molecule has 1 fully saturated rings. The second-order valence-electron chi connectivity index (χ2n) is 6.46. The topological polar surface area (TPSA) is 68.3 Å². The molecule has 0 bridgehead atoms. The highest BCUT2D eigenvalue weighted by Crippen LogP contribution is 2.31. The summed E-state index contributed by atoms with van der Waals surface area (Å²) in [6.45, 7) is 3.85. The molecule has 1 rings (SSSR count). The lowest BCUT2D eigenvalue weighted by molar-refractivity contribution is 0.516. The van der Waals surface area contributed by atoms with Crippen molar-refractivity contribution in [3.63, 3.8) is 0 Å². The van der Waals surface area contributed by atoms with Crippen LogP contribution in [0.25, 0.3) is 0 Å². The molecule has 0 radical (unpaired) electrons. The lowest BCUT2D eigenvalue weighted by atomic mass is 10.0. The van der Waals surface area contributed by atoms with Gasteiger partial charge in [-0.3, -0.25) is 0 Å². The first-order valence-corrected chi connectivity index (χ1v) is 13.4. The van der Waals surface area contributed by atoms with Crippen LogP contribution in [0.15, 0.2) is 0 Å². The van der Waals surface area contributed by atoms with Gasteiger partial charge in [0, 0.05) is 11.0 Å². The highest BCUT2D eigenvalue weighted by atomic mass is 32.3. The zero-order chi connectivity index (χ0) is 17.3. The number of hydrogen-bond acceptors (Lipinski definition) is 5. The molecule has 0 amide bonds. The summed E-state index contributed by atoms with van der Waals surface area (Å²) in [5, 5.41) is 0.425. The maximum atomic E-state index is 12.6. The van der Waals surface area contributed by atoms with Crippen LogP contribution in [0.5, 0.6) is 0 Å². The van der Waals surface area contributed by atoms with E-state index in [2.05, 4.69) is 0 Å². The molecular formula is C16H32O4S3. The van der Waals surface area contributed by atoms with E-state index in [4.69, 9.17) is 0 Å².